The number of morpholine rings is 1. The lowest BCUT2D eigenvalue weighted by atomic mass is 9.74. The topological polar surface area (TPSA) is 136 Å². The molecule has 1 spiro atoms. The van der Waals surface area contributed by atoms with Crippen LogP contribution < -0.4 is 31.9 Å². The quantitative estimate of drug-likeness (QED) is 0.105. The fourth-order valence-corrected chi connectivity index (χ4v) is 15.5. The number of likely N-dealkylation sites (N-methyl/N-ethyl adjacent to an activating group) is 1. The Morgan fingerprint density at radius 3 is 2.31 bits per heavy atom. The van der Waals surface area contributed by atoms with E-state index in [9.17, 15) is 18.0 Å². The van der Waals surface area contributed by atoms with Crippen molar-refractivity contribution in [1.29, 1.82) is 0 Å². The number of benzene rings is 1. The van der Waals surface area contributed by atoms with Crippen LogP contribution in [0.4, 0.5) is 13.2 Å². The van der Waals surface area contributed by atoms with Gasteiger partial charge in [-0.15, -0.1) is 0 Å². The molecule has 0 aromatic heterocycles. The van der Waals surface area contributed by atoms with Crippen LogP contribution in [0.25, 0.3) is 0 Å². The van der Waals surface area contributed by atoms with E-state index in [2.05, 4.69) is 140 Å². The van der Waals surface area contributed by atoms with Gasteiger partial charge in [-0.25, -0.2) is 0 Å². The van der Waals surface area contributed by atoms with Gasteiger partial charge in [0.25, 0.3) is 0 Å². The minimum Gasteiger partial charge on any atom is -0.390 e. The van der Waals surface area contributed by atoms with Crippen LogP contribution in [-0.4, -0.2) is 189 Å². The van der Waals surface area contributed by atoms with Crippen molar-refractivity contribution in [2.75, 3.05) is 92.9 Å². The van der Waals surface area contributed by atoms with Crippen LogP contribution in [0.1, 0.15) is 170 Å². The molecule has 89 heavy (non-hydrogen) atoms. The number of allylic oxidation sites excluding steroid dienone is 2. The number of aliphatic imine (C=N–C) groups is 1. The Morgan fingerprint density at radius 2 is 1.63 bits per heavy atom. The van der Waals surface area contributed by atoms with Gasteiger partial charge in [-0.1, -0.05) is 84.4 Å². The van der Waals surface area contributed by atoms with Crippen molar-refractivity contribution in [2.24, 2.45) is 28.7 Å². The Labute approximate surface area is 540 Å². The zero-order valence-corrected chi connectivity index (χ0v) is 57.5. The maximum Gasteiger partial charge on any atom is 0.417 e. The van der Waals surface area contributed by atoms with Crippen LogP contribution in [0.5, 0.6) is 0 Å². The van der Waals surface area contributed by atoms with Crippen molar-refractivity contribution in [3.63, 3.8) is 0 Å². The molecule has 6 aliphatic rings. The first-order valence-electron chi connectivity index (χ1n) is 34.7. The number of nitrogens with one attached hydrogen (secondary N) is 6. The van der Waals surface area contributed by atoms with E-state index < -0.39 is 11.7 Å². The van der Waals surface area contributed by atoms with Crippen molar-refractivity contribution in [1.82, 2.24) is 56.4 Å². The first-order chi connectivity index (χ1) is 42.6. The maximum atomic E-state index is 14.9. The highest BCUT2D eigenvalue weighted by Gasteiger charge is 2.56. The van der Waals surface area contributed by atoms with Crippen LogP contribution >= 0.6 is 11.6 Å². The summed E-state index contributed by atoms with van der Waals surface area (Å²) in [5.41, 5.74) is 2.91. The molecular weight excluding hydrogens is 1150 g/mol. The number of carbonyl (C=O) groups is 1. The van der Waals surface area contributed by atoms with Crippen molar-refractivity contribution >= 4 is 23.2 Å². The molecule has 11 atom stereocenters. The number of hydrogen-bond acceptors (Lipinski definition) is 14. The molecule has 4 heterocycles. The molecule has 1 aromatic carbocycles. The van der Waals surface area contributed by atoms with E-state index in [0.717, 1.165) is 95.1 Å². The molecule has 6 N–H and O–H groups in total. The van der Waals surface area contributed by atoms with E-state index in [1.165, 1.54) is 56.4 Å². The Kier molecular flexibility index (Phi) is 29.0. The predicted octanol–water partition coefficient (Wildman–Crippen LogP) is 11.1. The van der Waals surface area contributed by atoms with Crippen LogP contribution in [-0.2, 0) is 26.9 Å². The van der Waals surface area contributed by atoms with Crippen molar-refractivity contribution in [2.45, 2.75) is 232 Å². The second kappa shape index (κ2) is 35.5. The zero-order valence-electron chi connectivity index (χ0n) is 56.7. The van der Waals surface area contributed by atoms with E-state index in [0.29, 0.717) is 88.3 Å². The van der Waals surface area contributed by atoms with Crippen LogP contribution in [0.15, 0.2) is 71.7 Å². The van der Waals surface area contributed by atoms with E-state index in [-0.39, 0.29) is 70.7 Å². The minimum absolute atomic E-state index is 0.0434. The summed E-state index contributed by atoms with van der Waals surface area (Å²) in [5, 5.41) is 23.9. The molecular formula is C70H118ClF3N12O3. The molecule has 5 fully saturated rings. The predicted molar refractivity (Wildman–Crippen MR) is 360 cm³/mol. The van der Waals surface area contributed by atoms with Gasteiger partial charge in [-0.05, 0) is 147 Å². The number of nitrogens with zero attached hydrogens (tertiary/aromatic N) is 6. The van der Waals surface area contributed by atoms with Gasteiger partial charge >= 0.3 is 6.18 Å². The molecule has 504 valence electrons. The number of halogens is 4. The van der Waals surface area contributed by atoms with Crippen LogP contribution in [0.2, 0.25) is 5.02 Å². The highest BCUT2D eigenvalue weighted by Crippen LogP contribution is 2.44. The summed E-state index contributed by atoms with van der Waals surface area (Å²) < 4.78 is 52.9. The fourth-order valence-electron chi connectivity index (χ4n) is 15.2. The largest absolute Gasteiger partial charge is 0.417 e. The summed E-state index contributed by atoms with van der Waals surface area (Å²) in [7, 11) is 4.10. The average Bonchev–Trinajstić information content (AvgIpc) is 1.02. The molecule has 19 heteroatoms. The molecule has 7 rings (SSSR count). The molecule has 1 aromatic rings. The Bertz CT molecular complexity index is 2460. The lowest BCUT2D eigenvalue weighted by molar-refractivity contribution is -0.165. The molecule has 15 nitrogen and oxygen atoms in total. The smallest absolute Gasteiger partial charge is 0.390 e. The summed E-state index contributed by atoms with van der Waals surface area (Å²) in [6.45, 7) is 31.9. The summed E-state index contributed by atoms with van der Waals surface area (Å²) >= 11 is 6.18. The van der Waals surface area contributed by atoms with Gasteiger partial charge in [0, 0.05) is 169 Å². The Morgan fingerprint density at radius 1 is 0.888 bits per heavy atom. The zero-order chi connectivity index (χ0) is 64.3. The number of amides is 1. The maximum absolute atomic E-state index is 14.9. The lowest BCUT2D eigenvalue weighted by Crippen LogP contribution is -2.76. The van der Waals surface area contributed by atoms with Gasteiger partial charge in [-0.3, -0.25) is 14.7 Å². The first-order valence-corrected chi connectivity index (χ1v) is 35.1. The van der Waals surface area contributed by atoms with Crippen LogP contribution in [0, 0.1) is 23.7 Å². The lowest BCUT2D eigenvalue weighted by Gasteiger charge is -2.60. The van der Waals surface area contributed by atoms with Gasteiger partial charge < -0.3 is 61.0 Å². The van der Waals surface area contributed by atoms with Gasteiger partial charge in [-0.2, -0.15) is 13.2 Å². The van der Waals surface area contributed by atoms with Gasteiger partial charge in [0.2, 0.25) is 5.91 Å². The third-order valence-corrected chi connectivity index (χ3v) is 20.9. The van der Waals surface area contributed by atoms with Crippen molar-refractivity contribution < 1.29 is 27.4 Å². The Balaban J connectivity index is 1.19. The number of alkyl halides is 3. The molecule has 2 saturated carbocycles. The Hall–Kier alpha value is -3.72. The number of ether oxygens (including phenoxy) is 2. The minimum atomic E-state index is -4.52. The van der Waals surface area contributed by atoms with Crippen molar-refractivity contribution in [3.05, 3.63) is 82.8 Å². The number of rotatable bonds is 13. The summed E-state index contributed by atoms with van der Waals surface area (Å²) in [5.74, 6) is 1.71. The third kappa shape index (κ3) is 20.9. The van der Waals surface area contributed by atoms with E-state index in [4.69, 9.17) is 26.1 Å². The standard InChI is InChI=1S/C70H118ClF3N12O3/c1-13-38-89-47-60-45-82(11)35-33-77-58(25-23-56-24-26-61(62(71)42-56)70(72,73)74)27-30-75-31-32-76-48-69(28-17-18-29-69)81-53(8)67(57-20-15-16-21-57)86-55(10)66(68(87)84-36-39-88-40-37-84)65(86)44-78-52(7)63(41-49(3)4)79-43-64(50(5)14-2)80-51(6)54(9)85-34-19-22-59(85)46-83(60)12/h24,26-27,30,33,35,42,45-46,49-55,57,63-67,75-76,78-81H,13-23,25,28-29,31-32,34,36-41,43-44,47-48H2,1-12H3/t50-,51?,52?,53?,54-,55?,63-,64+,65?,66-,67+/m0/s1. The molecule has 3 saturated heterocycles. The SMILES string of the molecule is CCCOCC1=CN(C)C=CN=C(CCc2ccc(C(F)(F)F)c(Cl)c2)C=CNCCNCC2(CCCC2)NC(C)[C@H](C2CCCC2)N2C(C)[C@H](C(=O)N3CCOCC3)C2CNC(C)[C@H](CC(C)C)NC[C@H]([C@@H](C)CC)NC(C)[C@H](C)N2CCCC2=CN1C. The number of carbonyl (C=O) groups excluding carboxylic acids is 1. The molecule has 0 bridgehead atoms. The molecule has 1 amide bonds. The molecule has 0 radical (unpaired) electrons. The summed E-state index contributed by atoms with van der Waals surface area (Å²) in [4.78, 5) is 31.5. The molecule has 2 aliphatic carbocycles. The second-order valence-electron chi connectivity index (χ2n) is 27.8. The number of hydrogen-bond donors (Lipinski definition) is 6. The van der Waals surface area contributed by atoms with E-state index in [1.54, 1.807) is 6.20 Å². The van der Waals surface area contributed by atoms with E-state index in [1.807, 2.05) is 30.4 Å². The van der Waals surface area contributed by atoms with Gasteiger partial charge in [0.1, 0.15) is 0 Å². The number of fused-ring (bicyclic) bond motifs is 2. The first kappa shape index (κ1) is 72.7. The highest BCUT2D eigenvalue weighted by molar-refractivity contribution is 6.31. The fraction of sp³-hybridized carbons (Fsp3) is 0.771. The van der Waals surface area contributed by atoms with Gasteiger partial charge in [0.15, 0.2) is 0 Å². The third-order valence-electron chi connectivity index (χ3n) is 20.6. The van der Waals surface area contributed by atoms with Gasteiger partial charge in [0.05, 0.1) is 42.0 Å². The molecule has 4 aliphatic heterocycles. The second-order valence-corrected chi connectivity index (χ2v) is 28.2. The summed E-state index contributed by atoms with van der Waals surface area (Å²) in [6, 6.07) is 5.82. The van der Waals surface area contributed by atoms with Crippen LogP contribution in [0.3, 0.4) is 0 Å². The normalized spacial score (nSPS) is 29.9. The van der Waals surface area contributed by atoms with Crippen molar-refractivity contribution in [3.8, 4) is 0 Å². The highest BCUT2D eigenvalue weighted by atomic mass is 35.5. The van der Waals surface area contributed by atoms with E-state index >= 15 is 0 Å². The number of aryl methyl sites for hydroxylation is 1. The monoisotopic (exact) mass is 1270 g/mol. The molecule has 5 unspecified atom stereocenters. The summed E-state index contributed by atoms with van der Waals surface area (Å²) in [6.07, 6.45) is 23.1. The average molecular weight is 1270 g/mol.